The molecule has 2 aliphatic heterocycles. The molecule has 0 aromatic heterocycles. The number of carbonyl (C=O) groups is 4. The van der Waals surface area contributed by atoms with Crippen LogP contribution < -0.4 is 0 Å². The number of allylic oxidation sites excluding steroid dienone is 6. The monoisotopic (exact) mass is 914 g/mol. The molecule has 0 saturated heterocycles. The minimum Gasteiger partial charge on any atom is -0.481 e. The lowest BCUT2D eigenvalue weighted by atomic mass is 9.68. The van der Waals surface area contributed by atoms with Gasteiger partial charge < -0.3 is 19.6 Å². The van der Waals surface area contributed by atoms with E-state index in [0.29, 0.717) is 36.8 Å². The van der Waals surface area contributed by atoms with E-state index in [1.165, 1.54) is 16.7 Å². The van der Waals surface area contributed by atoms with Gasteiger partial charge in [0.2, 0.25) is 11.8 Å². The van der Waals surface area contributed by atoms with Gasteiger partial charge in [-0.15, -0.1) is 0 Å². The fourth-order valence-electron chi connectivity index (χ4n) is 9.81. The molecule has 8 nitrogen and oxygen atoms in total. The third-order valence-electron chi connectivity index (χ3n) is 14.0. The first kappa shape index (κ1) is 50.9. The number of rotatable bonds is 13. The Bertz CT molecular complexity index is 2230. The van der Waals surface area contributed by atoms with Gasteiger partial charge in [0, 0.05) is 59.2 Å². The van der Waals surface area contributed by atoms with Gasteiger partial charge >= 0.3 is 11.9 Å². The van der Waals surface area contributed by atoms with E-state index < -0.39 is 16.8 Å². The molecular weight excluding hydrogens is 844 g/mol. The van der Waals surface area contributed by atoms with E-state index in [2.05, 4.69) is 112 Å². The maximum absolute atomic E-state index is 13.1. The Morgan fingerprint density at radius 3 is 1.42 bits per heavy atom. The van der Waals surface area contributed by atoms with Crippen LogP contribution in [0.4, 0.5) is 0 Å². The highest BCUT2D eigenvalue weighted by Gasteiger charge is 2.42. The van der Waals surface area contributed by atoms with Crippen molar-refractivity contribution in [3.63, 3.8) is 0 Å². The van der Waals surface area contributed by atoms with Gasteiger partial charge in [-0.2, -0.15) is 0 Å². The third kappa shape index (κ3) is 12.0. The average molecular weight is 916 g/mol. The van der Waals surface area contributed by atoms with Crippen LogP contribution in [-0.4, -0.2) is 58.4 Å². The molecule has 2 heterocycles. The Morgan fingerprint density at radius 1 is 0.688 bits per heavy atom. The highest BCUT2D eigenvalue weighted by Crippen LogP contribution is 2.47. The summed E-state index contributed by atoms with van der Waals surface area (Å²) < 4.78 is 5.02. The average Bonchev–Trinajstić information content (AvgIpc) is 3.20. The molecule has 2 aromatic rings. The molecule has 2 amide bonds. The van der Waals surface area contributed by atoms with Gasteiger partial charge in [0.1, 0.15) is 0 Å². The first-order valence-corrected chi connectivity index (χ1v) is 24.0. The molecule has 0 saturated carbocycles. The van der Waals surface area contributed by atoms with E-state index >= 15 is 0 Å². The summed E-state index contributed by atoms with van der Waals surface area (Å²) in [6.45, 7) is 24.6. The summed E-state index contributed by atoms with van der Waals surface area (Å²) in [5, 5.41) is 10.5. The Morgan fingerprint density at radius 2 is 1.09 bits per heavy atom. The largest absolute Gasteiger partial charge is 0.481 e. The molecule has 0 unspecified atom stereocenters. The van der Waals surface area contributed by atoms with Crippen LogP contribution in [0.15, 0.2) is 72.1 Å². The van der Waals surface area contributed by atoms with E-state index in [9.17, 15) is 19.2 Å². The van der Waals surface area contributed by atoms with Crippen molar-refractivity contribution in [3.05, 3.63) is 104 Å². The van der Waals surface area contributed by atoms with Gasteiger partial charge in [-0.05, 0) is 125 Å². The summed E-state index contributed by atoms with van der Waals surface area (Å²) in [6, 6.07) is 12.6. The van der Waals surface area contributed by atoms with Crippen LogP contribution in [0.5, 0.6) is 0 Å². The van der Waals surface area contributed by atoms with Crippen molar-refractivity contribution in [2.75, 3.05) is 19.7 Å². The number of ether oxygens (including phenoxy) is 1. The summed E-state index contributed by atoms with van der Waals surface area (Å²) in [6.07, 6.45) is 15.8. The zero-order chi connectivity index (χ0) is 47.4. The van der Waals surface area contributed by atoms with Crippen molar-refractivity contribution in [2.45, 2.75) is 151 Å². The van der Waals surface area contributed by atoms with Crippen LogP contribution in [0.2, 0.25) is 10.0 Å². The molecule has 4 aliphatic rings. The number of carboxylic acid groups (broad SMARTS) is 1. The predicted molar refractivity (Wildman–Crippen MR) is 261 cm³/mol. The Labute approximate surface area is 393 Å². The number of carboxylic acids is 1. The number of aliphatic carboxylic acids is 1. The van der Waals surface area contributed by atoms with Gasteiger partial charge in [0.05, 0.1) is 19.4 Å². The van der Waals surface area contributed by atoms with Gasteiger partial charge in [0.25, 0.3) is 0 Å². The number of benzene rings is 2. The minimum atomic E-state index is -0.900. The highest BCUT2D eigenvalue weighted by molar-refractivity contribution is 6.32. The molecule has 0 spiro atoms. The Balaban J connectivity index is 0.000000241. The van der Waals surface area contributed by atoms with Gasteiger partial charge in [0.15, 0.2) is 0 Å². The predicted octanol–water partition coefficient (Wildman–Crippen LogP) is 13.4. The topological polar surface area (TPSA) is 104 Å². The lowest BCUT2D eigenvalue weighted by Crippen LogP contribution is -2.42. The van der Waals surface area contributed by atoms with Crippen molar-refractivity contribution in [1.29, 1.82) is 0 Å². The second-order valence-electron chi connectivity index (χ2n) is 21.0. The number of amides is 2. The van der Waals surface area contributed by atoms with E-state index in [-0.39, 0.29) is 49.0 Å². The summed E-state index contributed by atoms with van der Waals surface area (Å²) in [5.74, 6) is -0.749. The second-order valence-corrected chi connectivity index (χ2v) is 21.8. The molecule has 2 aromatic carbocycles. The van der Waals surface area contributed by atoms with Crippen LogP contribution in [0.1, 0.15) is 163 Å². The van der Waals surface area contributed by atoms with E-state index in [1.807, 2.05) is 18.5 Å². The molecule has 0 radical (unpaired) electrons. The summed E-state index contributed by atoms with van der Waals surface area (Å²) >= 11 is 13.6. The molecule has 1 N–H and O–H groups in total. The Kier molecular flexibility index (Phi) is 16.3. The van der Waals surface area contributed by atoms with Crippen LogP contribution in [0.25, 0.3) is 11.1 Å². The molecular formula is C54H72Cl2N2O6. The van der Waals surface area contributed by atoms with Crippen LogP contribution in [0.3, 0.4) is 0 Å². The standard InChI is InChI=1S/C28H38ClNO3.C26H34ClNO3/c1-7-33-26(32)12-15-30-18-23(19(2)3)28(6,17-25(30)31)21-8-9-22(24(29)16-21)20-10-13-27(4,5)14-11-20;1-17(2)21-16-28(13-10-24(30)31)23(29)15-26(21,5)19-6-7-20(22(27)14-19)18-8-11-25(3,4)12-9-18/h8-10,16,18-19H,7,11-15,17H2,1-6H3;6-8,14,16-17H,9-13,15H2,1-5H3,(H,30,31)/t28-;26-/m00/s1. The van der Waals surface area contributed by atoms with Gasteiger partial charge in [-0.3, -0.25) is 19.2 Å². The number of hydrogen-bond acceptors (Lipinski definition) is 5. The summed E-state index contributed by atoms with van der Waals surface area (Å²) in [7, 11) is 0. The highest BCUT2D eigenvalue weighted by atomic mass is 35.5. The van der Waals surface area contributed by atoms with Crippen LogP contribution >= 0.6 is 23.2 Å². The number of nitrogens with zero attached hydrogens (tertiary/aromatic N) is 2. The van der Waals surface area contributed by atoms with Crippen molar-refractivity contribution in [2.24, 2.45) is 22.7 Å². The van der Waals surface area contributed by atoms with Crippen molar-refractivity contribution < 1.29 is 29.0 Å². The molecule has 64 heavy (non-hydrogen) atoms. The van der Waals surface area contributed by atoms with Crippen molar-refractivity contribution >= 4 is 58.1 Å². The quantitative estimate of drug-likeness (QED) is 0.201. The molecule has 0 bridgehead atoms. The smallest absolute Gasteiger partial charge is 0.307 e. The second kappa shape index (κ2) is 20.6. The van der Waals surface area contributed by atoms with Crippen LogP contribution in [-0.2, 0) is 34.7 Å². The number of carbonyl (C=O) groups excluding carboxylic acids is 3. The Hall–Kier alpha value is -4.14. The minimum absolute atomic E-state index is 0.0172. The van der Waals surface area contributed by atoms with E-state index in [1.54, 1.807) is 16.7 Å². The maximum Gasteiger partial charge on any atom is 0.307 e. The number of hydrogen-bond donors (Lipinski definition) is 1. The van der Waals surface area contributed by atoms with Crippen molar-refractivity contribution in [1.82, 2.24) is 9.80 Å². The zero-order valence-electron chi connectivity index (χ0n) is 40.3. The SMILES string of the molecule is CC(C)C1=CN(CCC(=O)O)C(=O)C[C@@]1(C)c1ccc(C2=CCC(C)(C)CC2)c(Cl)c1.CCOC(=O)CCN1C=C(C(C)C)[C@](C)(c2ccc(C3=CCC(C)(C)CC3)c(Cl)c2)CC1=O. The number of esters is 1. The number of halogens is 2. The van der Waals surface area contributed by atoms with E-state index in [0.717, 1.165) is 76.4 Å². The van der Waals surface area contributed by atoms with E-state index in [4.69, 9.17) is 33.0 Å². The maximum atomic E-state index is 13.1. The zero-order valence-corrected chi connectivity index (χ0v) is 41.8. The fourth-order valence-corrected chi connectivity index (χ4v) is 10.4. The lowest BCUT2D eigenvalue weighted by molar-refractivity contribution is -0.144. The molecule has 10 heteroatoms. The molecule has 348 valence electrons. The fraction of sp³-hybridized carbons (Fsp3) is 0.556. The first-order valence-electron chi connectivity index (χ1n) is 23.3. The molecule has 2 aliphatic carbocycles. The molecule has 6 rings (SSSR count). The first-order chi connectivity index (χ1) is 29.9. The van der Waals surface area contributed by atoms with Crippen molar-refractivity contribution in [3.8, 4) is 0 Å². The lowest BCUT2D eigenvalue weighted by Gasteiger charge is -2.41. The molecule has 0 fully saturated rings. The summed E-state index contributed by atoms with van der Waals surface area (Å²) in [4.78, 5) is 51.9. The van der Waals surface area contributed by atoms with Gasteiger partial charge in [-0.1, -0.05) is 129 Å². The van der Waals surface area contributed by atoms with Crippen LogP contribution in [0, 0.1) is 22.7 Å². The normalized spacial score (nSPS) is 23.2. The van der Waals surface area contributed by atoms with Gasteiger partial charge in [-0.25, -0.2) is 0 Å². The summed E-state index contributed by atoms with van der Waals surface area (Å²) in [5.41, 5.74) is 9.01. The third-order valence-corrected chi connectivity index (χ3v) is 14.7. The molecule has 2 atom stereocenters.